The third kappa shape index (κ3) is 4.16. The topological polar surface area (TPSA) is 91.6 Å². The Morgan fingerprint density at radius 1 is 1.06 bits per heavy atom. The molecule has 0 radical (unpaired) electrons. The molecule has 1 aromatic carbocycles. The van der Waals surface area contributed by atoms with E-state index < -0.39 is 47.4 Å². The Balaban J connectivity index is 1.78. The van der Waals surface area contributed by atoms with Crippen LogP contribution in [-0.2, 0) is 6.18 Å². The summed E-state index contributed by atoms with van der Waals surface area (Å²) in [5, 5.41) is 15.5. The molecule has 6 nitrogen and oxygen atoms in total. The molecule has 0 spiro atoms. The smallest absolute Gasteiger partial charge is 0.437 e. The van der Waals surface area contributed by atoms with Crippen molar-refractivity contribution in [1.82, 2.24) is 10.6 Å². The Kier molecular flexibility index (Phi) is 5.72. The first-order valence-electron chi connectivity index (χ1n) is 9.54. The van der Waals surface area contributed by atoms with E-state index in [-0.39, 0.29) is 22.0 Å². The van der Waals surface area contributed by atoms with E-state index in [1.165, 1.54) is 35.0 Å². The SMILES string of the molecule is O=C1N[C@@H](c2ccc(-c3cccc(C(F)(F)F)c3)o2)[C@@H](C(=O)c2cccs2)[C@](O)(C(F)(F)F)N1. The van der Waals surface area contributed by atoms with E-state index in [0.29, 0.717) is 0 Å². The lowest BCUT2D eigenvalue weighted by Crippen LogP contribution is -2.72. The number of benzene rings is 1. The number of hydrogen-bond donors (Lipinski definition) is 3. The second-order valence-corrected chi connectivity index (χ2v) is 8.39. The lowest BCUT2D eigenvalue weighted by Gasteiger charge is -2.44. The third-order valence-electron chi connectivity index (χ3n) is 5.26. The summed E-state index contributed by atoms with van der Waals surface area (Å²) in [6.45, 7) is 0. The molecule has 13 heteroatoms. The van der Waals surface area contributed by atoms with Crippen LogP contribution >= 0.6 is 11.3 Å². The van der Waals surface area contributed by atoms with Gasteiger partial charge in [-0.25, -0.2) is 4.79 Å². The number of carbonyl (C=O) groups is 2. The van der Waals surface area contributed by atoms with Crippen molar-refractivity contribution in [2.24, 2.45) is 5.92 Å². The van der Waals surface area contributed by atoms with Gasteiger partial charge in [-0.1, -0.05) is 18.2 Å². The van der Waals surface area contributed by atoms with Gasteiger partial charge in [0.2, 0.25) is 5.72 Å². The fourth-order valence-corrected chi connectivity index (χ4v) is 4.38. The Morgan fingerprint density at radius 3 is 2.41 bits per heavy atom. The second kappa shape index (κ2) is 8.17. The fourth-order valence-electron chi connectivity index (χ4n) is 3.67. The quantitative estimate of drug-likeness (QED) is 0.339. The zero-order valence-corrected chi connectivity index (χ0v) is 17.5. The lowest BCUT2D eigenvalue weighted by atomic mass is 9.80. The number of nitrogens with one attached hydrogen (secondary N) is 2. The summed E-state index contributed by atoms with van der Waals surface area (Å²) in [5.41, 5.74) is -4.95. The number of thiophene rings is 1. The molecule has 1 aliphatic rings. The predicted octanol–water partition coefficient (Wildman–Crippen LogP) is 5.13. The van der Waals surface area contributed by atoms with Crippen LogP contribution in [0.15, 0.2) is 58.3 Å². The van der Waals surface area contributed by atoms with Gasteiger partial charge in [0.1, 0.15) is 23.5 Å². The molecule has 0 bridgehead atoms. The number of urea groups is 1. The first-order valence-corrected chi connectivity index (χ1v) is 10.4. The van der Waals surface area contributed by atoms with Crippen LogP contribution in [0.2, 0.25) is 0 Å². The van der Waals surface area contributed by atoms with Crippen molar-refractivity contribution in [2.75, 3.05) is 0 Å². The second-order valence-electron chi connectivity index (χ2n) is 7.44. The number of Topliss-reactive ketones (excluding diaryl/α,β-unsaturated/α-hetero) is 1. The van der Waals surface area contributed by atoms with E-state index in [9.17, 15) is 41.0 Å². The maximum atomic E-state index is 13.9. The molecule has 1 saturated heterocycles. The van der Waals surface area contributed by atoms with Gasteiger partial charge in [-0.2, -0.15) is 26.3 Å². The molecule has 3 aromatic rings. The zero-order chi connectivity index (χ0) is 24.9. The van der Waals surface area contributed by atoms with Crippen molar-refractivity contribution < 1.29 is 45.5 Å². The molecule has 0 unspecified atom stereocenters. The average molecular weight is 504 g/mol. The number of furan rings is 1. The van der Waals surface area contributed by atoms with E-state index in [4.69, 9.17) is 4.42 Å². The summed E-state index contributed by atoms with van der Waals surface area (Å²) >= 11 is 0.834. The Labute approximate surface area is 191 Å². The highest BCUT2D eigenvalue weighted by Gasteiger charge is 2.67. The van der Waals surface area contributed by atoms with Gasteiger partial charge in [-0.05, 0) is 35.7 Å². The van der Waals surface area contributed by atoms with Gasteiger partial charge in [0, 0.05) is 5.56 Å². The summed E-state index contributed by atoms with van der Waals surface area (Å²) in [4.78, 5) is 25.0. The number of rotatable bonds is 4. The molecular formula is C21H14F6N2O4S. The molecule has 0 saturated carbocycles. The van der Waals surface area contributed by atoms with Crippen LogP contribution in [-0.4, -0.2) is 28.8 Å². The van der Waals surface area contributed by atoms with Crippen LogP contribution in [0.1, 0.15) is 27.0 Å². The van der Waals surface area contributed by atoms with Crippen molar-refractivity contribution in [3.05, 3.63) is 70.1 Å². The van der Waals surface area contributed by atoms with Crippen LogP contribution in [0.5, 0.6) is 0 Å². The summed E-state index contributed by atoms with van der Waals surface area (Å²) < 4.78 is 86.3. The van der Waals surface area contributed by atoms with Crippen molar-refractivity contribution in [3.63, 3.8) is 0 Å². The number of ketones is 1. The van der Waals surface area contributed by atoms with Crippen molar-refractivity contribution in [3.8, 4) is 11.3 Å². The number of aliphatic hydroxyl groups is 1. The Hall–Kier alpha value is -3.32. The van der Waals surface area contributed by atoms with Gasteiger partial charge in [0.05, 0.1) is 10.4 Å². The van der Waals surface area contributed by atoms with Crippen LogP contribution in [0.25, 0.3) is 11.3 Å². The van der Waals surface area contributed by atoms with E-state index in [1.54, 1.807) is 0 Å². The highest BCUT2D eigenvalue weighted by Crippen LogP contribution is 2.45. The Morgan fingerprint density at radius 2 is 1.79 bits per heavy atom. The van der Waals surface area contributed by atoms with E-state index in [2.05, 4.69) is 5.32 Å². The number of halogens is 6. The first-order chi connectivity index (χ1) is 15.8. The largest absolute Gasteiger partial charge is 0.459 e. The van der Waals surface area contributed by atoms with Gasteiger partial charge in [0.25, 0.3) is 0 Å². The molecule has 180 valence electrons. The average Bonchev–Trinajstić information content (AvgIpc) is 3.44. The van der Waals surface area contributed by atoms with Gasteiger partial charge in [-0.3, -0.25) is 4.79 Å². The predicted molar refractivity (Wildman–Crippen MR) is 107 cm³/mol. The van der Waals surface area contributed by atoms with Crippen molar-refractivity contribution in [2.45, 2.75) is 24.1 Å². The first kappa shape index (κ1) is 23.8. The minimum Gasteiger partial charge on any atom is -0.459 e. The number of alkyl halides is 6. The van der Waals surface area contributed by atoms with Gasteiger partial charge >= 0.3 is 18.4 Å². The van der Waals surface area contributed by atoms with Crippen LogP contribution in [0.4, 0.5) is 31.1 Å². The minimum absolute atomic E-state index is 0.0337. The highest BCUT2D eigenvalue weighted by atomic mass is 32.1. The highest BCUT2D eigenvalue weighted by molar-refractivity contribution is 7.12. The molecule has 2 amide bonds. The maximum absolute atomic E-state index is 13.9. The molecule has 34 heavy (non-hydrogen) atoms. The van der Waals surface area contributed by atoms with Gasteiger partial charge in [0.15, 0.2) is 5.78 Å². The molecule has 2 aromatic heterocycles. The van der Waals surface area contributed by atoms with Crippen molar-refractivity contribution in [1.29, 1.82) is 0 Å². The molecule has 3 atom stereocenters. The number of amides is 2. The normalized spacial score (nSPS) is 23.3. The van der Waals surface area contributed by atoms with Crippen LogP contribution in [0, 0.1) is 5.92 Å². The zero-order valence-electron chi connectivity index (χ0n) is 16.7. The maximum Gasteiger partial charge on any atom is 0.437 e. The Bertz CT molecular complexity index is 1220. The number of hydrogen-bond acceptors (Lipinski definition) is 5. The summed E-state index contributed by atoms with van der Waals surface area (Å²) in [6.07, 6.45) is -10.1. The van der Waals surface area contributed by atoms with Gasteiger partial charge in [-0.15, -0.1) is 11.3 Å². The molecule has 1 fully saturated rings. The minimum atomic E-state index is -5.45. The molecular weight excluding hydrogens is 490 g/mol. The van der Waals surface area contributed by atoms with E-state index >= 15 is 0 Å². The molecule has 4 rings (SSSR count). The lowest BCUT2D eigenvalue weighted by molar-refractivity contribution is -0.287. The fraction of sp³-hybridized carbons (Fsp3) is 0.238. The molecule has 1 aliphatic heterocycles. The molecule has 0 aliphatic carbocycles. The summed E-state index contributed by atoms with van der Waals surface area (Å²) in [5.74, 6) is -3.93. The summed E-state index contributed by atoms with van der Waals surface area (Å²) in [6, 6.07) is 5.82. The standard InChI is InChI=1S/C21H14F6N2O4S/c22-20(23,24)11-4-1-3-10(9-11)12-6-7-13(33-12)16-15(17(30)14-5-2-8-34-14)19(32,21(25,26)27)29-18(31)28-16/h1-9,15-16,32H,(H2,28,29,31)/t15-,16-,19-/m0/s1. The molecule has 3 heterocycles. The van der Waals surface area contributed by atoms with Crippen LogP contribution in [0.3, 0.4) is 0 Å². The number of carbonyl (C=O) groups excluding carboxylic acids is 2. The molecule has 3 N–H and O–H groups in total. The van der Waals surface area contributed by atoms with Crippen molar-refractivity contribution >= 4 is 23.2 Å². The van der Waals surface area contributed by atoms with Gasteiger partial charge < -0.3 is 20.2 Å². The third-order valence-corrected chi connectivity index (χ3v) is 6.14. The monoisotopic (exact) mass is 504 g/mol. The van der Waals surface area contributed by atoms with Crippen LogP contribution < -0.4 is 10.6 Å². The van der Waals surface area contributed by atoms with E-state index in [0.717, 1.165) is 35.6 Å². The van der Waals surface area contributed by atoms with E-state index in [1.807, 2.05) is 0 Å². The summed E-state index contributed by atoms with van der Waals surface area (Å²) in [7, 11) is 0.